The first-order valence-electron chi connectivity index (χ1n) is 29.0. The van der Waals surface area contributed by atoms with Crippen LogP contribution in [0.1, 0.15) is 0 Å². The van der Waals surface area contributed by atoms with Crippen molar-refractivity contribution in [1.29, 1.82) is 0 Å². The number of benzene rings is 14. The molecule has 0 nitrogen and oxygen atoms in total. The minimum Gasteiger partial charge on any atom is -0.0622 e. The molecule has 0 amide bonds. The van der Waals surface area contributed by atoms with E-state index in [4.69, 9.17) is 0 Å². The molecule has 0 atom stereocenters. The quantitative estimate of drug-likeness (QED) is 0.126. The van der Waals surface area contributed by atoms with Crippen LogP contribution < -0.4 is 0 Å². The van der Waals surface area contributed by atoms with E-state index in [1.807, 2.05) is 0 Å². The molecule has 0 N–H and O–H groups in total. The van der Waals surface area contributed by atoms with E-state index in [1.165, 1.54) is 154 Å². The third-order valence-electron chi connectivity index (χ3n) is 17.0. The van der Waals surface area contributed by atoms with Crippen LogP contribution in [0, 0.1) is 0 Å². The molecule has 0 bridgehead atoms. The fourth-order valence-corrected chi connectivity index (χ4v) is 12.8. The van der Waals surface area contributed by atoms with Crippen LogP contribution in [0.3, 0.4) is 0 Å². The molecule has 392 valence electrons. The summed E-state index contributed by atoms with van der Waals surface area (Å²) in [7, 11) is 0. The summed E-state index contributed by atoms with van der Waals surface area (Å²) in [5.74, 6) is 0. The van der Waals surface area contributed by atoms with Gasteiger partial charge in [0.1, 0.15) is 0 Å². The Morgan fingerprint density at radius 2 is 0.357 bits per heavy atom. The van der Waals surface area contributed by atoms with Gasteiger partial charge in [0.15, 0.2) is 0 Å². The Balaban J connectivity index is 0.713. The van der Waals surface area contributed by atoms with Gasteiger partial charge in [0.2, 0.25) is 0 Å². The molecule has 0 saturated heterocycles. The predicted molar refractivity (Wildman–Crippen MR) is 361 cm³/mol. The summed E-state index contributed by atoms with van der Waals surface area (Å²) in [6.45, 7) is 0. The second-order valence-corrected chi connectivity index (χ2v) is 21.8. The van der Waals surface area contributed by atoms with Crippen molar-refractivity contribution in [1.82, 2.24) is 0 Å². The van der Waals surface area contributed by atoms with Gasteiger partial charge in [-0.1, -0.05) is 334 Å². The van der Waals surface area contributed by atoms with Gasteiger partial charge in [-0.15, -0.1) is 0 Å². The van der Waals surface area contributed by atoms with Crippen molar-refractivity contribution in [3.05, 3.63) is 340 Å². The maximum Gasteiger partial charge on any atom is -0.00264 e. The van der Waals surface area contributed by atoms with Gasteiger partial charge in [0.05, 0.1) is 0 Å². The van der Waals surface area contributed by atoms with Gasteiger partial charge in [-0.2, -0.15) is 0 Å². The van der Waals surface area contributed by atoms with Crippen LogP contribution in [0.15, 0.2) is 340 Å². The molecular formula is C84H56. The molecule has 0 heterocycles. The van der Waals surface area contributed by atoms with E-state index in [2.05, 4.69) is 340 Å². The molecule has 0 aromatic heterocycles. The zero-order valence-electron chi connectivity index (χ0n) is 46.3. The van der Waals surface area contributed by atoms with Crippen LogP contribution >= 0.6 is 0 Å². The normalized spacial score (nSPS) is 11.3. The molecule has 0 unspecified atom stereocenters. The minimum atomic E-state index is 1.17. The Hall–Kier alpha value is -10.9. The zero-order chi connectivity index (χ0) is 55.8. The fourth-order valence-electron chi connectivity index (χ4n) is 12.8. The first kappa shape index (κ1) is 50.1. The summed E-state index contributed by atoms with van der Waals surface area (Å²) in [6.07, 6.45) is 0. The minimum absolute atomic E-state index is 1.17. The van der Waals surface area contributed by atoms with E-state index in [9.17, 15) is 0 Å². The van der Waals surface area contributed by atoms with Crippen LogP contribution in [-0.2, 0) is 0 Å². The Kier molecular flexibility index (Phi) is 13.0. The first-order chi connectivity index (χ1) is 41.7. The maximum atomic E-state index is 2.30. The monoisotopic (exact) mass is 1060 g/mol. The topological polar surface area (TPSA) is 0 Å². The Bertz CT molecular complexity index is 4940. The molecule has 0 aliphatic carbocycles. The van der Waals surface area contributed by atoms with E-state index in [-0.39, 0.29) is 0 Å². The lowest BCUT2D eigenvalue weighted by Crippen LogP contribution is -1.91. The fraction of sp³-hybridized carbons (Fsp3) is 0. The summed E-state index contributed by atoms with van der Waals surface area (Å²) >= 11 is 0. The second-order valence-electron chi connectivity index (χ2n) is 21.8. The van der Waals surface area contributed by atoms with Crippen molar-refractivity contribution >= 4 is 53.9 Å². The number of hydrogen-bond acceptors (Lipinski definition) is 0. The van der Waals surface area contributed by atoms with E-state index >= 15 is 0 Å². The molecule has 0 radical (unpaired) electrons. The molecule has 15 rings (SSSR count). The first-order valence-corrected chi connectivity index (χ1v) is 29.0. The number of rotatable bonds is 9. The van der Waals surface area contributed by atoms with Gasteiger partial charge in [0, 0.05) is 0 Å². The van der Waals surface area contributed by atoms with Crippen molar-refractivity contribution in [3.8, 4) is 100 Å². The van der Waals surface area contributed by atoms with Crippen molar-refractivity contribution in [2.24, 2.45) is 0 Å². The number of hydrogen-bond donors (Lipinski definition) is 0. The highest BCUT2D eigenvalue weighted by atomic mass is 14.2. The molecule has 0 aliphatic rings. The van der Waals surface area contributed by atoms with Crippen LogP contribution in [0.4, 0.5) is 0 Å². The van der Waals surface area contributed by atoms with E-state index in [0.717, 1.165) is 0 Å². The highest BCUT2D eigenvalue weighted by Crippen LogP contribution is 2.45. The highest BCUT2D eigenvalue weighted by molar-refractivity contribution is 6.21. The van der Waals surface area contributed by atoms with Gasteiger partial charge >= 0.3 is 0 Å². The van der Waals surface area contributed by atoms with Crippen molar-refractivity contribution < 1.29 is 0 Å². The second kappa shape index (κ2) is 21.9. The summed E-state index contributed by atoms with van der Waals surface area (Å²) in [4.78, 5) is 0. The molecule has 15 aromatic carbocycles. The largest absolute Gasteiger partial charge is 0.0622 e. The standard InChI is InChI=1S/C84H56/c1-2-7-23-72(76-25-11-10-24-75(76)71(22-6-1)63-41-32-59(33-42-63)57-18-4-3-5-19-57)64-45-47-66(48-46-64)74-55-54-73(77-26-12-13-27-78(74)77)65-43-34-60(35-44-65)61-36-49-67(50-37-61)83-79-28-14-16-30-81(79)84(82-31-17-15-29-80(82)83)68-51-38-62(39-52-68)70-53-40-58-20-8-9-21-69(58)56-70/h1-56H. The van der Waals surface area contributed by atoms with E-state index in [0.29, 0.717) is 0 Å². The molecule has 0 saturated carbocycles. The van der Waals surface area contributed by atoms with E-state index < -0.39 is 0 Å². The van der Waals surface area contributed by atoms with Crippen LogP contribution in [-0.4, -0.2) is 0 Å². The Labute approximate surface area is 490 Å². The summed E-state index contributed by atoms with van der Waals surface area (Å²) < 4.78 is 0. The summed E-state index contributed by atoms with van der Waals surface area (Å²) in [6, 6.07) is 125. The van der Waals surface area contributed by atoms with Gasteiger partial charge in [-0.3, -0.25) is 0 Å². The van der Waals surface area contributed by atoms with Crippen molar-refractivity contribution in [2.45, 2.75) is 0 Å². The number of fused-ring (bicyclic) bond motifs is 5. The van der Waals surface area contributed by atoms with Gasteiger partial charge < -0.3 is 0 Å². The van der Waals surface area contributed by atoms with Crippen LogP contribution in [0.5, 0.6) is 0 Å². The summed E-state index contributed by atoms with van der Waals surface area (Å²) in [5.41, 5.74) is 21.7. The smallest absolute Gasteiger partial charge is 0.00264 e. The van der Waals surface area contributed by atoms with Crippen LogP contribution in [0.2, 0.25) is 0 Å². The van der Waals surface area contributed by atoms with Crippen molar-refractivity contribution in [3.63, 3.8) is 0 Å². The van der Waals surface area contributed by atoms with Gasteiger partial charge in [-0.25, -0.2) is 0 Å². The Morgan fingerprint density at radius 3 is 0.738 bits per heavy atom. The van der Waals surface area contributed by atoms with Crippen LogP contribution in [0.25, 0.3) is 154 Å². The SMILES string of the molecule is c1ccc(-c2ccc(-c3ccccccc(-c4ccc(-c5ccc(-c6ccc(-c7ccc(-c8c9ccccc9c(-c9ccc(-c%10ccc%11ccccc%11c%10)cc9)c9ccccc89)cc7)cc6)c6ccccc56)cc4)c4ccccc34)cc2)cc1. The molecule has 84 heavy (non-hydrogen) atoms. The lowest BCUT2D eigenvalue weighted by Gasteiger charge is -2.18. The van der Waals surface area contributed by atoms with Crippen molar-refractivity contribution in [2.75, 3.05) is 0 Å². The highest BCUT2D eigenvalue weighted by Gasteiger charge is 2.18. The summed E-state index contributed by atoms with van der Waals surface area (Å²) in [5, 5.41) is 12.4. The molecule has 0 spiro atoms. The predicted octanol–water partition coefficient (Wildman–Crippen LogP) is 23.6. The molecule has 0 heteroatoms. The maximum absolute atomic E-state index is 2.30. The lowest BCUT2D eigenvalue weighted by molar-refractivity contribution is 1.59. The average molecular weight is 1070 g/mol. The van der Waals surface area contributed by atoms with E-state index in [1.54, 1.807) is 0 Å². The molecule has 0 aliphatic heterocycles. The van der Waals surface area contributed by atoms with Gasteiger partial charge in [0.25, 0.3) is 0 Å². The Morgan fingerprint density at radius 1 is 0.119 bits per heavy atom. The average Bonchev–Trinajstić information content (AvgIpc) is 2.91. The van der Waals surface area contributed by atoms with Gasteiger partial charge in [-0.05, 0) is 160 Å². The third kappa shape index (κ3) is 9.36. The zero-order valence-corrected chi connectivity index (χ0v) is 46.3. The molecule has 0 fully saturated rings. The lowest BCUT2D eigenvalue weighted by atomic mass is 9.85. The third-order valence-corrected chi connectivity index (χ3v) is 17.0. The molecular weight excluding hydrogens is 1010 g/mol. The molecule has 15 aromatic rings.